The number of hydrogen-bond donors (Lipinski definition) is 3. The molecule has 1 heterocycles. The molecule has 0 saturated carbocycles. The zero-order valence-corrected chi connectivity index (χ0v) is 24.5. The van der Waals surface area contributed by atoms with Gasteiger partial charge in [-0.25, -0.2) is 21.6 Å². The van der Waals surface area contributed by atoms with Gasteiger partial charge in [0.1, 0.15) is 11.5 Å². The summed E-state index contributed by atoms with van der Waals surface area (Å²) in [4.78, 5) is 12.2. The number of rotatable bonds is 8. The highest BCUT2D eigenvalue weighted by Gasteiger charge is 2.29. The Morgan fingerprint density at radius 1 is 0.872 bits per heavy atom. The average Bonchev–Trinajstić information content (AvgIpc) is 3.20. The van der Waals surface area contributed by atoms with E-state index in [0.29, 0.717) is 5.02 Å². The molecule has 0 aliphatic carbocycles. The van der Waals surface area contributed by atoms with E-state index in [9.17, 15) is 21.6 Å². The lowest BCUT2D eigenvalue weighted by Gasteiger charge is -2.15. The first kappa shape index (κ1) is 29.4. The van der Waals surface area contributed by atoms with E-state index in [2.05, 4.69) is 19.9 Å². The van der Waals surface area contributed by atoms with Crippen LogP contribution in [-0.2, 0) is 24.8 Å². The Morgan fingerprint density at radius 2 is 1.51 bits per heavy atom. The van der Waals surface area contributed by atoms with Crippen molar-refractivity contribution in [3.8, 4) is 0 Å². The van der Waals surface area contributed by atoms with Crippen LogP contribution < -0.4 is 19.8 Å². The number of hydrazone groups is 1. The zero-order valence-electron chi connectivity index (χ0n) is 19.9. The third-order valence-electron chi connectivity index (χ3n) is 5.23. The minimum atomic E-state index is -4.18. The second kappa shape index (κ2) is 11.5. The topological polar surface area (TPSA) is 137 Å². The monoisotopic (exact) mass is 649 g/mol. The van der Waals surface area contributed by atoms with Crippen molar-refractivity contribution in [3.05, 3.63) is 74.7 Å². The van der Waals surface area contributed by atoms with Crippen molar-refractivity contribution in [2.24, 2.45) is 5.10 Å². The molecule has 206 valence electrons. The van der Waals surface area contributed by atoms with Gasteiger partial charge in [0.05, 0.1) is 42.7 Å². The lowest BCUT2D eigenvalue weighted by molar-refractivity contribution is -0.116. The second-order valence-electron chi connectivity index (χ2n) is 8.05. The van der Waals surface area contributed by atoms with Crippen LogP contribution in [0.3, 0.4) is 0 Å². The van der Waals surface area contributed by atoms with Crippen molar-refractivity contribution in [2.45, 2.75) is 23.1 Å². The molecule has 1 aliphatic rings. The summed E-state index contributed by atoms with van der Waals surface area (Å²) in [6.45, 7) is 1.75. The number of nitrogens with zero attached hydrogens (tertiary/aromatic N) is 2. The summed E-state index contributed by atoms with van der Waals surface area (Å²) in [7, 11) is -8.05. The van der Waals surface area contributed by atoms with Gasteiger partial charge in [-0.2, -0.15) is 10.1 Å². The molecule has 3 aromatic carbocycles. The number of anilines is 3. The molecule has 0 radical (unpaired) electrons. The normalized spacial score (nSPS) is 13.9. The van der Waals surface area contributed by atoms with Crippen LogP contribution in [-0.4, -0.2) is 35.1 Å². The van der Waals surface area contributed by atoms with Crippen LogP contribution >= 0.6 is 46.4 Å². The summed E-state index contributed by atoms with van der Waals surface area (Å²) in [5.41, 5.74) is 0.532. The molecule has 0 saturated heterocycles. The lowest BCUT2D eigenvalue weighted by atomic mass is 10.2. The van der Waals surface area contributed by atoms with Crippen molar-refractivity contribution in [2.75, 3.05) is 21.6 Å². The van der Waals surface area contributed by atoms with Crippen LogP contribution in [0.15, 0.2) is 69.5 Å². The Kier molecular flexibility index (Phi) is 8.67. The lowest BCUT2D eigenvalue weighted by Crippen LogP contribution is -2.23. The van der Waals surface area contributed by atoms with Crippen molar-refractivity contribution < 1.29 is 21.6 Å². The fourth-order valence-corrected chi connectivity index (χ4v) is 6.94. The van der Waals surface area contributed by atoms with Crippen molar-refractivity contribution in [1.29, 1.82) is 0 Å². The highest BCUT2D eigenvalue weighted by molar-refractivity contribution is 7.93. The second-order valence-corrected chi connectivity index (χ2v) is 13.2. The first-order valence-electron chi connectivity index (χ1n) is 11.0. The predicted octanol–water partition coefficient (Wildman–Crippen LogP) is 5.56. The number of amides is 1. The summed E-state index contributed by atoms with van der Waals surface area (Å²) >= 11 is 24.7. The molecule has 1 aliphatic heterocycles. The third kappa shape index (κ3) is 6.60. The van der Waals surface area contributed by atoms with Crippen LogP contribution in [0.25, 0.3) is 0 Å². The molecule has 4 rings (SSSR count). The highest BCUT2D eigenvalue weighted by atomic mass is 35.5. The molecule has 39 heavy (non-hydrogen) atoms. The van der Waals surface area contributed by atoms with Crippen LogP contribution in [0.4, 0.5) is 17.1 Å². The number of hydrogen-bond acceptors (Lipinski definition) is 7. The van der Waals surface area contributed by atoms with Crippen LogP contribution in [0, 0.1) is 0 Å². The molecular weight excluding hydrogens is 632 g/mol. The minimum Gasteiger partial charge on any atom is -0.341 e. The number of halogens is 4. The SMILES string of the molecule is CCNS(=O)(=O)c1cccc(S(=O)(=O)Nc2ccc(Cl)c(NC3=NN(c4c(Cl)cc(Cl)cc4Cl)C(=O)C3)c2)c1. The van der Waals surface area contributed by atoms with Gasteiger partial charge in [-0.3, -0.25) is 9.52 Å². The van der Waals surface area contributed by atoms with E-state index in [1.807, 2.05) is 0 Å². The van der Waals surface area contributed by atoms with Gasteiger partial charge in [0.2, 0.25) is 10.0 Å². The number of benzene rings is 3. The number of amidine groups is 1. The van der Waals surface area contributed by atoms with E-state index in [-0.39, 0.29) is 60.7 Å². The molecule has 16 heteroatoms. The van der Waals surface area contributed by atoms with Crippen molar-refractivity contribution >= 4 is 95.3 Å². The fourth-order valence-electron chi connectivity index (χ4n) is 3.55. The smallest absolute Gasteiger partial charge is 0.261 e. The quantitative estimate of drug-likeness (QED) is 0.292. The number of sulfonamides is 2. The van der Waals surface area contributed by atoms with Gasteiger partial charge in [-0.15, -0.1) is 0 Å². The first-order chi connectivity index (χ1) is 18.3. The van der Waals surface area contributed by atoms with Gasteiger partial charge in [0.15, 0.2) is 0 Å². The Labute approximate surface area is 245 Å². The molecule has 0 bridgehead atoms. The summed E-state index contributed by atoms with van der Waals surface area (Å²) in [6, 6.07) is 12.1. The number of nitrogens with one attached hydrogen (secondary N) is 3. The van der Waals surface area contributed by atoms with E-state index >= 15 is 0 Å². The molecule has 0 unspecified atom stereocenters. The Morgan fingerprint density at radius 3 is 2.15 bits per heavy atom. The maximum absolute atomic E-state index is 13.0. The zero-order chi connectivity index (χ0) is 28.5. The Hall–Kier alpha value is -2.58. The van der Waals surface area contributed by atoms with E-state index in [1.54, 1.807) is 6.92 Å². The van der Waals surface area contributed by atoms with Crippen LogP contribution in [0.1, 0.15) is 13.3 Å². The molecule has 3 N–H and O–H groups in total. The average molecular weight is 651 g/mol. The molecule has 0 spiro atoms. The molecule has 0 aromatic heterocycles. The molecule has 1 amide bonds. The molecule has 0 atom stereocenters. The van der Waals surface area contributed by atoms with Crippen LogP contribution in [0.2, 0.25) is 20.1 Å². The Balaban J connectivity index is 1.58. The highest BCUT2D eigenvalue weighted by Crippen LogP contribution is 2.38. The predicted molar refractivity (Wildman–Crippen MR) is 154 cm³/mol. The number of carbonyl (C=O) groups excluding carboxylic acids is 1. The van der Waals surface area contributed by atoms with Crippen molar-refractivity contribution in [1.82, 2.24) is 4.72 Å². The standard InChI is InChI=1S/C23H19Cl4N5O5S2/c1-2-28-38(34,35)15-4-3-5-16(11-15)39(36,37)31-14-6-7-17(25)20(10-14)29-21-12-22(33)32(30-21)23-18(26)8-13(24)9-19(23)27/h3-11,28,31H,2,12H2,1H3,(H,29,30). The van der Waals surface area contributed by atoms with Crippen LogP contribution in [0.5, 0.6) is 0 Å². The summed E-state index contributed by atoms with van der Waals surface area (Å²) in [5, 5.41) is 8.97. The largest absolute Gasteiger partial charge is 0.341 e. The van der Waals surface area contributed by atoms with E-state index in [4.69, 9.17) is 46.4 Å². The molecule has 3 aromatic rings. The van der Waals surface area contributed by atoms with Gasteiger partial charge >= 0.3 is 0 Å². The molecule has 10 nitrogen and oxygen atoms in total. The van der Waals surface area contributed by atoms with Gasteiger partial charge in [0.25, 0.3) is 15.9 Å². The molecular formula is C23H19Cl4N5O5S2. The van der Waals surface area contributed by atoms with Crippen molar-refractivity contribution in [3.63, 3.8) is 0 Å². The first-order valence-corrected chi connectivity index (χ1v) is 15.5. The van der Waals surface area contributed by atoms with E-state index in [0.717, 1.165) is 11.1 Å². The summed E-state index contributed by atoms with van der Waals surface area (Å²) in [6.07, 6.45) is -0.144. The summed E-state index contributed by atoms with van der Waals surface area (Å²) < 4.78 is 55.3. The number of carbonyl (C=O) groups is 1. The van der Waals surface area contributed by atoms with Gasteiger partial charge in [-0.05, 0) is 48.5 Å². The maximum Gasteiger partial charge on any atom is 0.261 e. The summed E-state index contributed by atoms with van der Waals surface area (Å²) in [5.74, 6) is -0.227. The molecule has 0 fully saturated rings. The fraction of sp³-hybridized carbons (Fsp3) is 0.130. The maximum atomic E-state index is 13.0. The van der Waals surface area contributed by atoms with E-state index in [1.165, 1.54) is 48.5 Å². The van der Waals surface area contributed by atoms with Gasteiger partial charge in [-0.1, -0.05) is 59.4 Å². The van der Waals surface area contributed by atoms with E-state index < -0.39 is 26.0 Å². The third-order valence-corrected chi connectivity index (χ3v) is 9.27. The van der Waals surface area contributed by atoms with Gasteiger partial charge < -0.3 is 5.32 Å². The Bertz CT molecular complexity index is 1690. The van der Waals surface area contributed by atoms with Gasteiger partial charge in [0, 0.05) is 11.6 Å². The minimum absolute atomic E-state index is 0.118.